The zero-order valence-corrected chi connectivity index (χ0v) is 16.1. The van der Waals surface area contributed by atoms with E-state index >= 15 is 0 Å². The van der Waals surface area contributed by atoms with E-state index in [9.17, 15) is 4.79 Å². The molecule has 140 valence electrons. The highest BCUT2D eigenvalue weighted by molar-refractivity contribution is 5.83. The predicted molar refractivity (Wildman–Crippen MR) is 104 cm³/mol. The first-order valence-electron chi connectivity index (χ1n) is 9.63. The molecule has 2 rings (SSSR count). The average molecular weight is 347 g/mol. The second kappa shape index (κ2) is 10.5. The lowest BCUT2D eigenvalue weighted by Crippen LogP contribution is -2.46. The van der Waals surface area contributed by atoms with Gasteiger partial charge in [0.25, 0.3) is 0 Å². The van der Waals surface area contributed by atoms with E-state index in [4.69, 9.17) is 0 Å². The molecule has 5 nitrogen and oxygen atoms in total. The lowest BCUT2D eigenvalue weighted by Gasteiger charge is -2.34. The van der Waals surface area contributed by atoms with E-state index in [2.05, 4.69) is 33.9 Å². The van der Waals surface area contributed by atoms with Crippen LogP contribution in [0.5, 0.6) is 0 Å². The van der Waals surface area contributed by atoms with Gasteiger partial charge in [0.1, 0.15) is 6.04 Å². The number of nitrogens with zero attached hydrogens (tertiary/aromatic N) is 3. The van der Waals surface area contributed by atoms with Gasteiger partial charge < -0.3 is 15.1 Å². The molecule has 0 bridgehead atoms. The minimum atomic E-state index is -0.209. The van der Waals surface area contributed by atoms with E-state index in [0.29, 0.717) is 0 Å². The Morgan fingerprint density at radius 1 is 1.12 bits per heavy atom. The maximum atomic E-state index is 12.7. The van der Waals surface area contributed by atoms with Crippen LogP contribution in [0.2, 0.25) is 0 Å². The zero-order valence-electron chi connectivity index (χ0n) is 16.1. The molecule has 1 aromatic carbocycles. The van der Waals surface area contributed by atoms with Gasteiger partial charge in [-0.25, -0.2) is 0 Å². The third-order valence-electron chi connectivity index (χ3n) is 5.17. The van der Waals surface area contributed by atoms with Gasteiger partial charge in [-0.15, -0.1) is 0 Å². The number of rotatable bonds is 9. The number of hydrogen-bond acceptors (Lipinski definition) is 4. The van der Waals surface area contributed by atoms with Crippen molar-refractivity contribution in [1.82, 2.24) is 20.0 Å². The van der Waals surface area contributed by atoms with E-state index in [-0.39, 0.29) is 11.9 Å². The molecule has 1 fully saturated rings. The first-order chi connectivity index (χ1) is 12.2. The third-order valence-corrected chi connectivity index (χ3v) is 5.17. The summed E-state index contributed by atoms with van der Waals surface area (Å²) in [5.74, 6) is 0.103. The fourth-order valence-electron chi connectivity index (χ4n) is 3.36. The van der Waals surface area contributed by atoms with Crippen LogP contribution in [0.15, 0.2) is 30.3 Å². The van der Waals surface area contributed by atoms with Crippen molar-refractivity contribution in [2.45, 2.75) is 26.3 Å². The molecule has 5 heteroatoms. The smallest absolute Gasteiger partial charge is 0.241 e. The monoisotopic (exact) mass is 346 g/mol. The molecule has 0 aliphatic carbocycles. The number of hydrogen-bond donors (Lipinski definition) is 1. The molecule has 1 unspecified atom stereocenters. The minimum absolute atomic E-state index is 0.103. The van der Waals surface area contributed by atoms with Crippen molar-refractivity contribution < 1.29 is 4.79 Å². The normalized spacial score (nSPS) is 17.6. The summed E-state index contributed by atoms with van der Waals surface area (Å²) < 4.78 is 0. The van der Waals surface area contributed by atoms with Crippen LogP contribution in [0.4, 0.5) is 0 Å². The average Bonchev–Trinajstić information content (AvgIpc) is 2.66. The van der Waals surface area contributed by atoms with Crippen molar-refractivity contribution >= 4 is 5.91 Å². The molecular formula is C20H34N4O. The quantitative estimate of drug-likeness (QED) is 0.693. The van der Waals surface area contributed by atoms with Gasteiger partial charge in [-0.3, -0.25) is 9.69 Å². The Hall–Kier alpha value is -1.43. The van der Waals surface area contributed by atoms with E-state index in [1.54, 1.807) is 0 Å². The molecule has 1 N–H and O–H groups in total. The Bertz CT molecular complexity index is 500. The van der Waals surface area contributed by atoms with Crippen LogP contribution >= 0.6 is 0 Å². The minimum Gasteiger partial charge on any atom is -0.354 e. The van der Waals surface area contributed by atoms with Crippen molar-refractivity contribution in [3.05, 3.63) is 35.9 Å². The van der Waals surface area contributed by atoms with Crippen LogP contribution in [-0.4, -0.2) is 80.0 Å². The van der Waals surface area contributed by atoms with Gasteiger partial charge in [-0.1, -0.05) is 44.2 Å². The van der Waals surface area contributed by atoms with Gasteiger partial charge in [-0.05, 0) is 38.7 Å². The Kier molecular flexibility index (Phi) is 8.38. The van der Waals surface area contributed by atoms with E-state index < -0.39 is 0 Å². The second-order valence-electron chi connectivity index (χ2n) is 6.81. The first-order valence-corrected chi connectivity index (χ1v) is 9.63. The van der Waals surface area contributed by atoms with E-state index in [1.807, 2.05) is 37.4 Å². The van der Waals surface area contributed by atoms with Gasteiger partial charge in [0.05, 0.1) is 0 Å². The van der Waals surface area contributed by atoms with Crippen LogP contribution in [0, 0.1) is 0 Å². The molecule has 1 saturated heterocycles. The van der Waals surface area contributed by atoms with Crippen molar-refractivity contribution in [3.8, 4) is 0 Å². The van der Waals surface area contributed by atoms with E-state index in [0.717, 1.165) is 51.3 Å². The number of likely N-dealkylation sites (N-methyl/N-ethyl adjacent to an activating group) is 2. The van der Waals surface area contributed by atoms with E-state index in [1.165, 1.54) is 13.1 Å². The zero-order chi connectivity index (χ0) is 18.1. The molecule has 1 aromatic rings. The van der Waals surface area contributed by atoms with Gasteiger partial charge in [0.15, 0.2) is 0 Å². The summed E-state index contributed by atoms with van der Waals surface area (Å²) in [5.41, 5.74) is 1.06. The molecular weight excluding hydrogens is 312 g/mol. The molecule has 0 saturated carbocycles. The van der Waals surface area contributed by atoms with Crippen molar-refractivity contribution in [2.24, 2.45) is 0 Å². The summed E-state index contributed by atoms with van der Waals surface area (Å²) >= 11 is 0. The first kappa shape index (κ1) is 19.9. The molecule has 25 heavy (non-hydrogen) atoms. The summed E-state index contributed by atoms with van der Waals surface area (Å²) in [6.07, 6.45) is 1.01. The molecule has 1 aliphatic heterocycles. The van der Waals surface area contributed by atoms with Crippen LogP contribution in [0.25, 0.3) is 0 Å². The third kappa shape index (κ3) is 6.10. The maximum Gasteiger partial charge on any atom is 0.241 e. The second-order valence-corrected chi connectivity index (χ2v) is 6.81. The molecule has 1 heterocycles. The maximum absolute atomic E-state index is 12.7. The number of piperazine rings is 1. The van der Waals surface area contributed by atoms with Crippen LogP contribution < -0.4 is 5.32 Å². The van der Waals surface area contributed by atoms with Crippen LogP contribution in [0.1, 0.15) is 31.9 Å². The lowest BCUT2D eigenvalue weighted by molar-refractivity contribution is -0.126. The summed E-state index contributed by atoms with van der Waals surface area (Å²) in [7, 11) is 2.00. The van der Waals surface area contributed by atoms with Crippen LogP contribution in [0.3, 0.4) is 0 Å². The molecule has 0 radical (unpaired) electrons. The highest BCUT2D eigenvalue weighted by Gasteiger charge is 2.23. The van der Waals surface area contributed by atoms with Crippen molar-refractivity contribution in [3.63, 3.8) is 0 Å². The van der Waals surface area contributed by atoms with Crippen LogP contribution in [-0.2, 0) is 4.79 Å². The highest BCUT2D eigenvalue weighted by atomic mass is 16.2. The SMILES string of the molecule is CCN1CCN(CCCNC(=O)C(c2ccccc2)N(C)CC)CC1. The van der Waals surface area contributed by atoms with Crippen molar-refractivity contribution in [2.75, 3.05) is 59.4 Å². The Balaban J connectivity index is 1.76. The predicted octanol–water partition coefficient (Wildman–Crippen LogP) is 1.82. The molecule has 0 spiro atoms. The standard InChI is InChI=1S/C20H34N4O/c1-4-22(3)19(18-10-7-6-8-11-18)20(25)21-12-9-13-24-16-14-23(5-2)15-17-24/h6-8,10-11,19H,4-5,9,12-17H2,1-3H3,(H,21,25). The number of amides is 1. The fraction of sp³-hybridized carbons (Fsp3) is 0.650. The molecule has 1 atom stereocenters. The topological polar surface area (TPSA) is 38.8 Å². The number of carbonyl (C=O) groups excluding carboxylic acids is 1. The number of benzene rings is 1. The summed E-state index contributed by atoms with van der Waals surface area (Å²) in [6, 6.07) is 9.83. The van der Waals surface area contributed by atoms with Gasteiger partial charge in [-0.2, -0.15) is 0 Å². The molecule has 1 amide bonds. The largest absolute Gasteiger partial charge is 0.354 e. The summed E-state index contributed by atoms with van der Waals surface area (Å²) in [5, 5.41) is 3.14. The Morgan fingerprint density at radius 3 is 2.36 bits per heavy atom. The summed E-state index contributed by atoms with van der Waals surface area (Å²) in [4.78, 5) is 19.8. The lowest BCUT2D eigenvalue weighted by atomic mass is 10.0. The van der Waals surface area contributed by atoms with Gasteiger partial charge in [0, 0.05) is 32.7 Å². The molecule has 0 aromatic heterocycles. The van der Waals surface area contributed by atoms with Gasteiger partial charge >= 0.3 is 0 Å². The Labute approximate surface area is 153 Å². The summed E-state index contributed by atoms with van der Waals surface area (Å²) in [6.45, 7) is 12.7. The highest BCUT2D eigenvalue weighted by Crippen LogP contribution is 2.19. The number of carbonyl (C=O) groups is 1. The number of nitrogens with one attached hydrogen (secondary N) is 1. The van der Waals surface area contributed by atoms with Gasteiger partial charge in [0.2, 0.25) is 5.91 Å². The Morgan fingerprint density at radius 2 is 1.76 bits per heavy atom. The van der Waals surface area contributed by atoms with Crippen molar-refractivity contribution in [1.29, 1.82) is 0 Å². The fourth-order valence-corrected chi connectivity index (χ4v) is 3.36. The molecule has 1 aliphatic rings.